The number of amides is 2. The minimum absolute atomic E-state index is 0.0370. The molecule has 14 heavy (non-hydrogen) atoms. The Labute approximate surface area is 83.4 Å². The summed E-state index contributed by atoms with van der Waals surface area (Å²) in [5, 5.41) is 0. The average molecular weight is 199 g/mol. The van der Waals surface area contributed by atoms with Gasteiger partial charge >= 0.3 is 0 Å². The van der Waals surface area contributed by atoms with Crippen molar-refractivity contribution in [2.24, 2.45) is 17.4 Å². The monoisotopic (exact) mass is 199 g/mol. The van der Waals surface area contributed by atoms with Crippen molar-refractivity contribution in [3.8, 4) is 0 Å². The second-order valence-corrected chi connectivity index (χ2v) is 3.58. The number of hydrogen-bond acceptors (Lipinski definition) is 3. The molecule has 2 unspecified atom stereocenters. The van der Waals surface area contributed by atoms with Crippen LogP contribution in [0.4, 0.5) is 0 Å². The first-order chi connectivity index (χ1) is 6.61. The van der Waals surface area contributed by atoms with Gasteiger partial charge in [0.2, 0.25) is 11.8 Å². The predicted molar refractivity (Wildman–Crippen MR) is 52.1 cm³/mol. The molecule has 0 spiro atoms. The Balaban J connectivity index is 2.57. The standard InChI is InChI=1S/C9H17N3O2/c1-2-6(5-10)9(14)12-4-3-7(12)8(11)13/h6-7H,2-5,10H2,1H3,(H2,11,13). The maximum atomic E-state index is 11.7. The Morgan fingerprint density at radius 2 is 2.21 bits per heavy atom. The van der Waals surface area contributed by atoms with Gasteiger partial charge in [-0.15, -0.1) is 0 Å². The van der Waals surface area contributed by atoms with Gasteiger partial charge in [0.05, 0.1) is 5.92 Å². The highest BCUT2D eigenvalue weighted by molar-refractivity contribution is 5.89. The molecule has 0 aromatic heterocycles. The van der Waals surface area contributed by atoms with E-state index in [0.717, 1.165) is 0 Å². The molecule has 4 N–H and O–H groups in total. The van der Waals surface area contributed by atoms with E-state index in [4.69, 9.17) is 11.5 Å². The van der Waals surface area contributed by atoms with Crippen LogP contribution in [0.15, 0.2) is 0 Å². The number of primary amides is 1. The molecule has 1 aliphatic heterocycles. The lowest BCUT2D eigenvalue weighted by Crippen LogP contribution is -2.59. The number of nitrogens with zero attached hydrogens (tertiary/aromatic N) is 1. The van der Waals surface area contributed by atoms with E-state index in [2.05, 4.69) is 0 Å². The SMILES string of the molecule is CCC(CN)C(=O)N1CCC1C(N)=O. The van der Waals surface area contributed by atoms with Crippen LogP contribution >= 0.6 is 0 Å². The van der Waals surface area contributed by atoms with Gasteiger partial charge in [0.15, 0.2) is 0 Å². The normalized spacial score (nSPS) is 22.7. The highest BCUT2D eigenvalue weighted by Gasteiger charge is 2.38. The van der Waals surface area contributed by atoms with Crippen molar-refractivity contribution in [1.82, 2.24) is 4.90 Å². The first kappa shape index (κ1) is 11.0. The summed E-state index contributed by atoms with van der Waals surface area (Å²) in [7, 11) is 0. The van der Waals surface area contributed by atoms with Gasteiger partial charge in [-0.05, 0) is 12.8 Å². The van der Waals surface area contributed by atoms with Crippen molar-refractivity contribution in [3.05, 3.63) is 0 Å². The Hall–Kier alpha value is -1.10. The Kier molecular flexibility index (Phi) is 3.46. The van der Waals surface area contributed by atoms with E-state index in [1.165, 1.54) is 4.90 Å². The molecule has 80 valence electrons. The quantitative estimate of drug-likeness (QED) is 0.612. The number of carbonyl (C=O) groups is 2. The average Bonchev–Trinajstić information content (AvgIpc) is 2.02. The lowest BCUT2D eigenvalue weighted by atomic mass is 9.97. The number of likely N-dealkylation sites (tertiary alicyclic amines) is 1. The maximum Gasteiger partial charge on any atom is 0.240 e. The summed E-state index contributed by atoms with van der Waals surface area (Å²) in [6.07, 6.45) is 1.39. The van der Waals surface area contributed by atoms with Crippen LogP contribution in [0.1, 0.15) is 19.8 Å². The summed E-state index contributed by atoms with van der Waals surface area (Å²) in [4.78, 5) is 24.2. The smallest absolute Gasteiger partial charge is 0.240 e. The van der Waals surface area contributed by atoms with Crippen LogP contribution < -0.4 is 11.5 Å². The molecule has 0 saturated carbocycles. The van der Waals surface area contributed by atoms with Crippen LogP contribution in [0.3, 0.4) is 0 Å². The molecule has 2 amide bonds. The van der Waals surface area contributed by atoms with Crippen molar-refractivity contribution in [2.75, 3.05) is 13.1 Å². The van der Waals surface area contributed by atoms with Crippen LogP contribution in [0.25, 0.3) is 0 Å². The van der Waals surface area contributed by atoms with Crippen LogP contribution in [-0.2, 0) is 9.59 Å². The fourth-order valence-electron chi connectivity index (χ4n) is 1.62. The van der Waals surface area contributed by atoms with Crippen molar-refractivity contribution < 1.29 is 9.59 Å². The molecule has 2 atom stereocenters. The number of carbonyl (C=O) groups excluding carboxylic acids is 2. The summed E-state index contributed by atoms with van der Waals surface area (Å²) in [6, 6.07) is -0.400. The molecular weight excluding hydrogens is 182 g/mol. The molecule has 1 heterocycles. The van der Waals surface area contributed by atoms with Crippen LogP contribution in [-0.4, -0.2) is 35.8 Å². The Morgan fingerprint density at radius 1 is 1.57 bits per heavy atom. The maximum absolute atomic E-state index is 11.7. The Morgan fingerprint density at radius 3 is 2.50 bits per heavy atom. The topological polar surface area (TPSA) is 89.4 Å². The summed E-state index contributed by atoms with van der Waals surface area (Å²) in [6.45, 7) is 2.87. The van der Waals surface area contributed by atoms with Crippen molar-refractivity contribution in [1.29, 1.82) is 0 Å². The molecule has 5 heteroatoms. The molecule has 1 rings (SSSR count). The number of nitrogens with two attached hydrogens (primary N) is 2. The minimum atomic E-state index is -0.420. The largest absolute Gasteiger partial charge is 0.368 e. The zero-order valence-electron chi connectivity index (χ0n) is 8.40. The molecule has 0 radical (unpaired) electrons. The highest BCUT2D eigenvalue weighted by atomic mass is 16.2. The van der Waals surface area contributed by atoms with Crippen molar-refractivity contribution in [2.45, 2.75) is 25.8 Å². The number of hydrogen-bond donors (Lipinski definition) is 2. The van der Waals surface area contributed by atoms with E-state index in [9.17, 15) is 9.59 Å². The van der Waals surface area contributed by atoms with Gasteiger partial charge < -0.3 is 16.4 Å². The fraction of sp³-hybridized carbons (Fsp3) is 0.778. The van der Waals surface area contributed by atoms with E-state index in [1.807, 2.05) is 6.92 Å². The molecular formula is C9H17N3O2. The second kappa shape index (κ2) is 4.41. The molecule has 5 nitrogen and oxygen atoms in total. The molecule has 0 aromatic carbocycles. The van der Waals surface area contributed by atoms with Crippen molar-refractivity contribution >= 4 is 11.8 Å². The molecule has 1 fully saturated rings. The molecule has 0 bridgehead atoms. The van der Waals surface area contributed by atoms with Gasteiger partial charge in [0.25, 0.3) is 0 Å². The second-order valence-electron chi connectivity index (χ2n) is 3.58. The summed E-state index contributed by atoms with van der Waals surface area (Å²) >= 11 is 0. The van der Waals surface area contributed by atoms with Crippen molar-refractivity contribution in [3.63, 3.8) is 0 Å². The zero-order chi connectivity index (χ0) is 10.7. The third-order valence-electron chi connectivity index (χ3n) is 2.76. The van der Waals surface area contributed by atoms with Crippen LogP contribution in [0, 0.1) is 5.92 Å². The lowest BCUT2D eigenvalue weighted by Gasteiger charge is -2.40. The highest BCUT2D eigenvalue weighted by Crippen LogP contribution is 2.20. The summed E-state index contributed by atoms with van der Waals surface area (Å²) < 4.78 is 0. The van der Waals surface area contributed by atoms with Gasteiger partial charge in [-0.2, -0.15) is 0 Å². The van der Waals surface area contributed by atoms with Crippen LogP contribution in [0.5, 0.6) is 0 Å². The van der Waals surface area contributed by atoms with Gasteiger partial charge in [0.1, 0.15) is 6.04 Å². The predicted octanol–water partition coefficient (Wildman–Crippen LogP) is -0.942. The van der Waals surface area contributed by atoms with E-state index in [1.54, 1.807) is 0 Å². The fourth-order valence-corrected chi connectivity index (χ4v) is 1.62. The van der Waals surface area contributed by atoms with Gasteiger partial charge in [-0.3, -0.25) is 9.59 Å². The van der Waals surface area contributed by atoms with Gasteiger partial charge in [-0.25, -0.2) is 0 Å². The molecule has 1 aliphatic rings. The first-order valence-electron chi connectivity index (χ1n) is 4.91. The van der Waals surface area contributed by atoms with Gasteiger partial charge in [0, 0.05) is 13.1 Å². The summed E-state index contributed by atoms with van der Waals surface area (Å²) in [5.74, 6) is -0.626. The van der Waals surface area contributed by atoms with Crippen LogP contribution in [0.2, 0.25) is 0 Å². The van der Waals surface area contributed by atoms with E-state index in [-0.39, 0.29) is 11.8 Å². The molecule has 0 aliphatic carbocycles. The lowest BCUT2D eigenvalue weighted by molar-refractivity contribution is -0.149. The number of rotatable bonds is 4. The van der Waals surface area contributed by atoms with Gasteiger partial charge in [-0.1, -0.05) is 6.92 Å². The third-order valence-corrected chi connectivity index (χ3v) is 2.76. The molecule has 0 aromatic rings. The first-order valence-corrected chi connectivity index (χ1v) is 4.91. The minimum Gasteiger partial charge on any atom is -0.368 e. The summed E-state index contributed by atoms with van der Waals surface area (Å²) in [5.41, 5.74) is 10.6. The zero-order valence-corrected chi connectivity index (χ0v) is 8.40. The van der Waals surface area contributed by atoms with E-state index in [0.29, 0.717) is 25.9 Å². The van der Waals surface area contributed by atoms with E-state index >= 15 is 0 Å². The molecule has 1 saturated heterocycles. The Bertz CT molecular complexity index is 238. The third kappa shape index (κ3) is 1.87. The van der Waals surface area contributed by atoms with E-state index < -0.39 is 11.9 Å².